The van der Waals surface area contributed by atoms with Crippen molar-refractivity contribution >= 4 is 39.9 Å². The Hall–Kier alpha value is -2.85. The molecule has 2 atom stereocenters. The fourth-order valence-electron chi connectivity index (χ4n) is 5.23. The maximum absolute atomic E-state index is 13.8. The molecule has 264 valence electrons. The van der Waals surface area contributed by atoms with E-state index in [9.17, 15) is 43.1 Å². The maximum atomic E-state index is 13.8. The number of nitrogens with one attached hydrogen (secondary N) is 2. The second-order valence-electron chi connectivity index (χ2n) is 12.0. The zero-order valence-electron chi connectivity index (χ0n) is 27.0. The monoisotopic (exact) mass is 711 g/mol. The highest BCUT2D eigenvalue weighted by Gasteiger charge is 2.44. The highest BCUT2D eigenvalue weighted by molar-refractivity contribution is 7.70. The van der Waals surface area contributed by atoms with Crippen molar-refractivity contribution < 1.29 is 52.4 Å². The third-order valence-electron chi connectivity index (χ3n) is 7.54. The van der Waals surface area contributed by atoms with E-state index in [2.05, 4.69) is 15.3 Å². The topological polar surface area (TPSA) is 238 Å². The number of hydrogen-bond acceptors (Lipinski definition) is 10. The SMILES string of the molecule is CC(C)C[C@H](NC(=O)[C@@H](CC(=O)c1cnccn1)Cc1ccccc1)B1OCCN(CCCC(=O)NC(P(=O)(O)O)P(=O)(O)O)CCO1. The Morgan fingerprint density at radius 1 is 0.979 bits per heavy atom. The molecule has 0 radical (unpaired) electrons. The van der Waals surface area contributed by atoms with Crippen LogP contribution in [-0.2, 0) is 34.4 Å². The van der Waals surface area contributed by atoms with Crippen molar-refractivity contribution in [2.24, 2.45) is 11.8 Å². The molecule has 1 aromatic carbocycles. The third kappa shape index (κ3) is 13.6. The van der Waals surface area contributed by atoms with E-state index in [4.69, 9.17) is 9.31 Å². The molecule has 19 heteroatoms. The number of Topliss-reactive ketones (excluding diaryl/α,β-unsaturated/α-hetero) is 1. The van der Waals surface area contributed by atoms with Gasteiger partial charge in [-0.2, -0.15) is 0 Å². The molecule has 0 unspecified atom stereocenters. The van der Waals surface area contributed by atoms with E-state index in [0.29, 0.717) is 32.5 Å². The minimum atomic E-state index is -5.28. The number of benzene rings is 1. The molecule has 48 heavy (non-hydrogen) atoms. The molecule has 0 bridgehead atoms. The predicted molar refractivity (Wildman–Crippen MR) is 175 cm³/mol. The van der Waals surface area contributed by atoms with E-state index < -0.39 is 45.6 Å². The molecule has 1 aromatic heterocycles. The molecule has 1 saturated heterocycles. The summed E-state index contributed by atoms with van der Waals surface area (Å²) in [4.78, 5) is 85.8. The van der Waals surface area contributed by atoms with Gasteiger partial charge >= 0.3 is 22.3 Å². The van der Waals surface area contributed by atoms with Crippen LogP contribution in [0.15, 0.2) is 48.9 Å². The van der Waals surface area contributed by atoms with Gasteiger partial charge in [-0.3, -0.25) is 33.4 Å². The molecule has 1 aliphatic heterocycles. The van der Waals surface area contributed by atoms with Gasteiger partial charge in [-0.1, -0.05) is 44.2 Å². The van der Waals surface area contributed by atoms with E-state index in [1.807, 2.05) is 49.1 Å². The summed E-state index contributed by atoms with van der Waals surface area (Å²) in [5.74, 6) is -2.51. The van der Waals surface area contributed by atoms with E-state index in [1.165, 1.54) is 18.6 Å². The Labute approximate surface area is 279 Å². The second kappa shape index (κ2) is 18.8. The van der Waals surface area contributed by atoms with Gasteiger partial charge in [0.1, 0.15) is 5.69 Å². The van der Waals surface area contributed by atoms with Crippen molar-refractivity contribution in [1.29, 1.82) is 0 Å². The molecular weight excluding hydrogens is 667 g/mol. The Morgan fingerprint density at radius 3 is 2.19 bits per heavy atom. The normalized spacial score (nSPS) is 16.2. The Morgan fingerprint density at radius 2 is 1.62 bits per heavy atom. The number of nitrogens with zero attached hydrogens (tertiary/aromatic N) is 3. The smallest absolute Gasteiger partial charge is 0.408 e. The van der Waals surface area contributed by atoms with Crippen LogP contribution < -0.4 is 10.6 Å². The summed E-state index contributed by atoms with van der Waals surface area (Å²) in [6.45, 7) is 5.80. The first-order chi connectivity index (χ1) is 22.6. The summed E-state index contributed by atoms with van der Waals surface area (Å²) in [5, 5.41) is 4.85. The minimum absolute atomic E-state index is 0.0630. The molecule has 2 heterocycles. The Bertz CT molecular complexity index is 1400. The molecule has 1 aliphatic rings. The van der Waals surface area contributed by atoms with Crippen molar-refractivity contribution in [2.75, 3.05) is 32.8 Å². The lowest BCUT2D eigenvalue weighted by Crippen LogP contribution is -2.54. The van der Waals surface area contributed by atoms with Gasteiger partial charge in [0.25, 0.3) is 0 Å². The van der Waals surface area contributed by atoms with Crippen molar-refractivity contribution in [1.82, 2.24) is 25.5 Å². The quantitative estimate of drug-likeness (QED) is 0.0772. The van der Waals surface area contributed by atoms with Crippen LogP contribution in [0.3, 0.4) is 0 Å². The summed E-state index contributed by atoms with van der Waals surface area (Å²) < 4.78 is 35.0. The lowest BCUT2D eigenvalue weighted by Gasteiger charge is -2.32. The van der Waals surface area contributed by atoms with Crippen LogP contribution in [0.4, 0.5) is 0 Å². The molecule has 2 amide bonds. The largest absolute Gasteiger partial charge is 0.480 e. The fourth-order valence-corrected chi connectivity index (χ4v) is 7.42. The summed E-state index contributed by atoms with van der Waals surface area (Å²) in [7, 11) is -11.3. The summed E-state index contributed by atoms with van der Waals surface area (Å²) in [6.07, 6.45) is 5.13. The van der Waals surface area contributed by atoms with Crippen LogP contribution in [0, 0.1) is 11.8 Å². The summed E-state index contributed by atoms with van der Waals surface area (Å²) in [6, 6.07) is 9.43. The van der Waals surface area contributed by atoms with Gasteiger partial charge in [0.2, 0.25) is 17.3 Å². The van der Waals surface area contributed by atoms with Crippen LogP contribution in [0.2, 0.25) is 0 Å². The first kappa shape index (κ1) is 39.6. The van der Waals surface area contributed by atoms with Gasteiger partial charge in [0.05, 0.1) is 12.1 Å². The zero-order valence-corrected chi connectivity index (χ0v) is 28.7. The first-order valence-corrected chi connectivity index (χ1v) is 19.0. The van der Waals surface area contributed by atoms with Crippen LogP contribution in [-0.4, -0.2) is 103 Å². The first-order valence-electron chi connectivity index (χ1n) is 15.6. The number of rotatable bonds is 17. The second-order valence-corrected chi connectivity index (χ2v) is 15.8. The number of carbonyl (C=O) groups is 3. The number of aromatic nitrogens is 2. The summed E-state index contributed by atoms with van der Waals surface area (Å²) in [5.41, 5.74) is -1.50. The number of ketones is 1. The number of carbonyl (C=O) groups excluding carboxylic acids is 3. The van der Waals surface area contributed by atoms with Crippen LogP contribution in [0.1, 0.15) is 55.6 Å². The van der Waals surface area contributed by atoms with Gasteiger partial charge < -0.3 is 39.5 Å². The van der Waals surface area contributed by atoms with Gasteiger partial charge in [-0.05, 0) is 37.3 Å². The standard InChI is InChI=1S/C29H44BN5O11P2/c1-21(2)17-26(33-28(38)23(18-22-7-4-3-5-8-22)19-25(36)24-20-31-10-11-32-24)30-45-15-13-35(14-16-46-30)12-6-9-27(37)34-29(47(39,40)41)48(42,43)44/h3-5,7-8,10-11,20-21,23,26,29H,6,9,12-19H2,1-2H3,(H,33,38)(H,34,37)(H2,39,40,41)(H2,42,43,44)/t23-,26+/m1/s1. The molecule has 1 fully saturated rings. The van der Waals surface area contributed by atoms with E-state index in [0.717, 1.165) is 5.56 Å². The molecule has 6 N–H and O–H groups in total. The highest BCUT2D eigenvalue weighted by Crippen LogP contribution is 2.58. The Balaban J connectivity index is 1.58. The molecule has 0 saturated carbocycles. The number of amides is 2. The predicted octanol–water partition coefficient (Wildman–Crippen LogP) is 1.35. The maximum Gasteiger partial charge on any atom is 0.480 e. The van der Waals surface area contributed by atoms with Crippen molar-refractivity contribution in [3.05, 3.63) is 60.2 Å². The minimum Gasteiger partial charge on any atom is -0.408 e. The number of hydrogen-bond donors (Lipinski definition) is 6. The van der Waals surface area contributed by atoms with Gasteiger partial charge in [0.15, 0.2) is 5.78 Å². The average molecular weight is 711 g/mol. The molecule has 3 rings (SSSR count). The fraction of sp³-hybridized carbons (Fsp3) is 0.552. The molecule has 0 aliphatic carbocycles. The third-order valence-corrected chi connectivity index (χ3v) is 10.9. The zero-order chi connectivity index (χ0) is 35.3. The van der Waals surface area contributed by atoms with Crippen LogP contribution >= 0.6 is 15.2 Å². The van der Waals surface area contributed by atoms with Crippen molar-refractivity contribution in [3.63, 3.8) is 0 Å². The van der Waals surface area contributed by atoms with Gasteiger partial charge in [-0.25, -0.2) is 4.98 Å². The van der Waals surface area contributed by atoms with Gasteiger partial charge in [0, 0.05) is 57.5 Å². The highest BCUT2D eigenvalue weighted by atomic mass is 31.2. The Kier molecular flexibility index (Phi) is 15.5. The molecule has 16 nitrogen and oxygen atoms in total. The lowest BCUT2D eigenvalue weighted by atomic mass is 9.73. The van der Waals surface area contributed by atoms with E-state index in [1.54, 1.807) is 5.32 Å². The molecular formula is C29H44BN5O11P2. The van der Waals surface area contributed by atoms with Crippen molar-refractivity contribution in [3.8, 4) is 0 Å². The van der Waals surface area contributed by atoms with Crippen LogP contribution in [0.25, 0.3) is 0 Å². The van der Waals surface area contributed by atoms with Gasteiger partial charge in [-0.15, -0.1) is 0 Å². The van der Waals surface area contributed by atoms with Crippen LogP contribution in [0.5, 0.6) is 0 Å². The average Bonchev–Trinajstić information content (AvgIpc) is 2.99. The van der Waals surface area contributed by atoms with E-state index in [-0.39, 0.29) is 55.8 Å². The molecule has 2 aromatic rings. The lowest BCUT2D eigenvalue weighted by molar-refractivity contribution is -0.125. The van der Waals surface area contributed by atoms with Crippen molar-refractivity contribution in [2.45, 2.75) is 57.4 Å². The van der Waals surface area contributed by atoms with E-state index >= 15 is 0 Å². The summed E-state index contributed by atoms with van der Waals surface area (Å²) >= 11 is 0. The molecule has 0 spiro atoms.